The Morgan fingerprint density at radius 3 is 1.25 bits per heavy atom. The van der Waals surface area contributed by atoms with Crippen LogP contribution in [0.1, 0.15) is 1.43 Å². The molecule has 0 aromatic heterocycles. The first-order valence-electron chi connectivity index (χ1n) is 2.28. The number of aliphatic hydroxyl groups is 2. The van der Waals surface area contributed by atoms with Gasteiger partial charge in [0, 0.05) is 17.1 Å². The van der Waals surface area contributed by atoms with Crippen molar-refractivity contribution in [3.8, 4) is 0 Å². The SMILES string of the molecule is O=C(O)C(O)C(O)C(=O)O.[Cu].[H-].[K+]. The molecular formula is C4H7CuKO6. The minimum atomic E-state index is -2.27. The summed E-state index contributed by atoms with van der Waals surface area (Å²) in [7, 11) is 0. The van der Waals surface area contributed by atoms with Crippen LogP contribution < -0.4 is 51.4 Å². The predicted octanol–water partition coefficient (Wildman–Crippen LogP) is -5.01. The second-order valence-corrected chi connectivity index (χ2v) is 1.57. The summed E-state index contributed by atoms with van der Waals surface area (Å²) in [6.45, 7) is 0. The zero-order valence-electron chi connectivity index (χ0n) is 7.06. The normalized spacial score (nSPS) is 13.2. The molecule has 0 saturated heterocycles. The molecular weight excluding hydrogens is 247 g/mol. The van der Waals surface area contributed by atoms with Crippen LogP contribution in [0.4, 0.5) is 0 Å². The van der Waals surface area contributed by atoms with E-state index in [4.69, 9.17) is 20.4 Å². The van der Waals surface area contributed by atoms with Crippen molar-refractivity contribution in [2.75, 3.05) is 0 Å². The van der Waals surface area contributed by atoms with E-state index in [9.17, 15) is 9.59 Å². The molecule has 0 rings (SSSR count). The van der Waals surface area contributed by atoms with Crippen LogP contribution in [0, 0.1) is 0 Å². The summed E-state index contributed by atoms with van der Waals surface area (Å²) >= 11 is 0. The number of aliphatic carboxylic acids is 2. The Labute approximate surface area is 122 Å². The van der Waals surface area contributed by atoms with Gasteiger partial charge in [0.1, 0.15) is 0 Å². The standard InChI is InChI=1S/C4H6O6.Cu.K.H/c5-1(3(7)8)2(6)4(9)10;;;/h1-2,5-6H,(H,7,8)(H,9,10);;;/q;;+1;-1. The molecule has 0 aromatic rings. The van der Waals surface area contributed by atoms with Crippen molar-refractivity contribution < 1.29 is 99.9 Å². The van der Waals surface area contributed by atoms with E-state index < -0.39 is 24.1 Å². The average molecular weight is 254 g/mol. The minimum Gasteiger partial charge on any atom is -1.00 e. The summed E-state index contributed by atoms with van der Waals surface area (Å²) in [5.41, 5.74) is 0. The van der Waals surface area contributed by atoms with E-state index in [1.807, 2.05) is 0 Å². The van der Waals surface area contributed by atoms with Crippen molar-refractivity contribution in [1.29, 1.82) is 0 Å². The molecule has 0 aliphatic heterocycles. The van der Waals surface area contributed by atoms with Gasteiger partial charge in [-0.2, -0.15) is 0 Å². The number of carboxylic acid groups (broad SMARTS) is 2. The predicted molar refractivity (Wildman–Crippen MR) is 28.4 cm³/mol. The van der Waals surface area contributed by atoms with Crippen LogP contribution in [-0.4, -0.2) is 44.6 Å². The molecule has 0 saturated carbocycles. The van der Waals surface area contributed by atoms with Gasteiger partial charge < -0.3 is 21.9 Å². The van der Waals surface area contributed by atoms with Gasteiger partial charge in [0.15, 0.2) is 12.2 Å². The summed E-state index contributed by atoms with van der Waals surface area (Å²) in [4.78, 5) is 19.5. The second kappa shape index (κ2) is 8.61. The van der Waals surface area contributed by atoms with Gasteiger partial charge in [0.05, 0.1) is 0 Å². The van der Waals surface area contributed by atoms with Crippen molar-refractivity contribution in [3.05, 3.63) is 0 Å². The van der Waals surface area contributed by atoms with Crippen LogP contribution in [0.15, 0.2) is 0 Å². The third-order valence-electron chi connectivity index (χ3n) is 0.805. The largest absolute Gasteiger partial charge is 1.00 e. The van der Waals surface area contributed by atoms with E-state index in [1.165, 1.54) is 0 Å². The molecule has 0 spiro atoms. The summed E-state index contributed by atoms with van der Waals surface area (Å²) in [6, 6.07) is 0. The molecule has 6 nitrogen and oxygen atoms in total. The van der Waals surface area contributed by atoms with Crippen LogP contribution >= 0.6 is 0 Å². The van der Waals surface area contributed by atoms with Crippen molar-refractivity contribution in [2.24, 2.45) is 0 Å². The first kappa shape index (κ1) is 18.7. The van der Waals surface area contributed by atoms with Gasteiger partial charge in [-0.15, -0.1) is 0 Å². The van der Waals surface area contributed by atoms with Crippen molar-refractivity contribution >= 4 is 11.9 Å². The van der Waals surface area contributed by atoms with Gasteiger partial charge in [-0.05, 0) is 0 Å². The van der Waals surface area contributed by atoms with Crippen molar-refractivity contribution in [1.82, 2.24) is 0 Å². The Kier molecular flexibility index (Phi) is 13.4. The molecule has 8 heteroatoms. The third kappa shape index (κ3) is 6.52. The number of carboxylic acids is 2. The summed E-state index contributed by atoms with van der Waals surface area (Å²) < 4.78 is 0. The summed E-state index contributed by atoms with van der Waals surface area (Å²) in [5, 5.41) is 32.5. The molecule has 0 aliphatic rings. The quantitative estimate of drug-likeness (QED) is 0.375. The van der Waals surface area contributed by atoms with Crippen LogP contribution in [0.5, 0.6) is 0 Å². The number of hydrogen-bond acceptors (Lipinski definition) is 4. The first-order valence-corrected chi connectivity index (χ1v) is 2.28. The zero-order chi connectivity index (χ0) is 8.31. The molecule has 1 radical (unpaired) electrons. The number of carbonyl (C=O) groups is 2. The van der Waals surface area contributed by atoms with E-state index in [2.05, 4.69) is 0 Å². The molecule has 0 amide bonds. The number of hydrogen-bond donors (Lipinski definition) is 4. The van der Waals surface area contributed by atoms with Gasteiger partial charge >= 0.3 is 63.3 Å². The van der Waals surface area contributed by atoms with E-state index in [0.29, 0.717) is 0 Å². The van der Waals surface area contributed by atoms with Crippen LogP contribution in [-0.2, 0) is 26.7 Å². The maximum absolute atomic E-state index is 9.77. The Hall–Kier alpha value is 1.02. The van der Waals surface area contributed by atoms with Crippen molar-refractivity contribution in [2.45, 2.75) is 12.2 Å². The number of rotatable bonds is 3. The fourth-order valence-electron chi connectivity index (χ4n) is 0.270. The smallest absolute Gasteiger partial charge is 1.00 e. The molecule has 0 aliphatic carbocycles. The Balaban J connectivity index is -0.000000135. The summed E-state index contributed by atoms with van der Waals surface area (Å²) in [6.07, 6.45) is -4.53. The third-order valence-corrected chi connectivity index (χ3v) is 0.805. The molecule has 2 atom stereocenters. The van der Waals surface area contributed by atoms with Crippen molar-refractivity contribution in [3.63, 3.8) is 0 Å². The Morgan fingerprint density at radius 2 is 1.17 bits per heavy atom. The van der Waals surface area contributed by atoms with Gasteiger partial charge in [0.2, 0.25) is 0 Å². The van der Waals surface area contributed by atoms with Gasteiger partial charge in [0.25, 0.3) is 0 Å². The molecule has 2 unspecified atom stereocenters. The Bertz CT molecular complexity index is 149. The fraction of sp³-hybridized carbons (Fsp3) is 0.500. The van der Waals surface area contributed by atoms with E-state index in [1.54, 1.807) is 0 Å². The molecule has 71 valence electrons. The van der Waals surface area contributed by atoms with Gasteiger partial charge in [-0.3, -0.25) is 0 Å². The second-order valence-electron chi connectivity index (χ2n) is 1.57. The van der Waals surface area contributed by atoms with E-state index in [0.717, 1.165) is 0 Å². The molecule has 4 N–H and O–H groups in total. The Morgan fingerprint density at radius 1 is 1.00 bits per heavy atom. The molecule has 12 heavy (non-hydrogen) atoms. The van der Waals surface area contributed by atoms with Gasteiger partial charge in [-0.25, -0.2) is 9.59 Å². The van der Waals surface area contributed by atoms with Crippen LogP contribution in [0.3, 0.4) is 0 Å². The fourth-order valence-corrected chi connectivity index (χ4v) is 0.270. The molecule has 0 aromatic carbocycles. The zero-order valence-corrected chi connectivity index (χ0v) is 10.1. The number of aliphatic hydroxyl groups excluding tert-OH is 2. The van der Waals surface area contributed by atoms with E-state index in [-0.39, 0.29) is 69.9 Å². The summed E-state index contributed by atoms with van der Waals surface area (Å²) in [5.74, 6) is -3.54. The van der Waals surface area contributed by atoms with Gasteiger partial charge in [-0.1, -0.05) is 0 Å². The monoisotopic (exact) mass is 253 g/mol. The average Bonchev–Trinajstić information content (AvgIpc) is 1.84. The van der Waals surface area contributed by atoms with E-state index >= 15 is 0 Å². The van der Waals surface area contributed by atoms with Crippen LogP contribution in [0.25, 0.3) is 0 Å². The maximum atomic E-state index is 9.77. The molecule has 0 bridgehead atoms. The maximum Gasteiger partial charge on any atom is 1.00 e. The van der Waals surface area contributed by atoms with Crippen LogP contribution in [0.2, 0.25) is 0 Å². The molecule has 0 fully saturated rings. The topological polar surface area (TPSA) is 115 Å². The first-order chi connectivity index (χ1) is 4.46. The minimum absolute atomic E-state index is 0. The molecule has 0 heterocycles.